The van der Waals surface area contributed by atoms with Crippen LogP contribution < -0.4 is 10.6 Å². The largest absolute Gasteiger partial charge is 0.351 e. The highest BCUT2D eigenvalue weighted by atomic mass is 16.1. The van der Waals surface area contributed by atoms with Gasteiger partial charge in [-0.15, -0.1) is 0 Å². The number of anilines is 2. The van der Waals surface area contributed by atoms with Crippen molar-refractivity contribution in [1.82, 2.24) is 9.97 Å². The fourth-order valence-corrected chi connectivity index (χ4v) is 2.13. The quantitative estimate of drug-likeness (QED) is 0.904. The van der Waals surface area contributed by atoms with Gasteiger partial charge in [0.2, 0.25) is 5.95 Å². The molecule has 0 unspecified atom stereocenters. The predicted molar refractivity (Wildman–Crippen MR) is 82.5 cm³/mol. The van der Waals surface area contributed by atoms with Crippen LogP contribution in [-0.2, 0) is 0 Å². The van der Waals surface area contributed by atoms with E-state index in [2.05, 4.69) is 20.6 Å². The Hall–Kier alpha value is -2.43. The van der Waals surface area contributed by atoms with Crippen molar-refractivity contribution in [3.8, 4) is 0 Å². The number of aromatic nitrogens is 2. The van der Waals surface area contributed by atoms with Gasteiger partial charge in [0, 0.05) is 24.1 Å². The van der Waals surface area contributed by atoms with Crippen LogP contribution in [0.25, 0.3) is 0 Å². The van der Waals surface area contributed by atoms with E-state index in [1.165, 1.54) is 0 Å². The van der Waals surface area contributed by atoms with E-state index in [1.807, 2.05) is 32.0 Å². The zero-order chi connectivity index (χ0) is 14.8. The smallest absolute Gasteiger partial charge is 0.258 e. The van der Waals surface area contributed by atoms with Crippen molar-refractivity contribution in [2.75, 3.05) is 10.6 Å². The first-order valence-corrected chi connectivity index (χ1v) is 7.09. The molecule has 0 spiro atoms. The average Bonchev–Trinajstić information content (AvgIpc) is 3.28. The molecule has 1 aliphatic carbocycles. The molecule has 3 rings (SSSR count). The molecular formula is C16H18N4O. The van der Waals surface area contributed by atoms with Gasteiger partial charge in [-0.25, -0.2) is 9.97 Å². The highest BCUT2D eigenvalue weighted by Gasteiger charge is 2.21. The number of carbonyl (C=O) groups is 1. The summed E-state index contributed by atoms with van der Waals surface area (Å²) >= 11 is 0. The van der Waals surface area contributed by atoms with Crippen molar-refractivity contribution in [2.45, 2.75) is 32.7 Å². The monoisotopic (exact) mass is 282 g/mol. The molecule has 2 aromatic rings. The van der Waals surface area contributed by atoms with Gasteiger partial charge in [-0.2, -0.15) is 0 Å². The molecule has 1 aromatic heterocycles. The second kappa shape index (κ2) is 5.52. The van der Waals surface area contributed by atoms with Gasteiger partial charge in [0.1, 0.15) is 0 Å². The molecule has 1 amide bonds. The lowest BCUT2D eigenvalue weighted by molar-refractivity contribution is 0.102. The molecule has 5 heteroatoms. The Morgan fingerprint density at radius 3 is 2.33 bits per heavy atom. The Morgan fingerprint density at radius 1 is 1.14 bits per heavy atom. The number of carbonyl (C=O) groups excluding carboxylic acids is 1. The van der Waals surface area contributed by atoms with Gasteiger partial charge in [0.05, 0.1) is 5.56 Å². The van der Waals surface area contributed by atoms with E-state index in [9.17, 15) is 4.79 Å². The number of benzene rings is 1. The highest BCUT2D eigenvalue weighted by molar-refractivity contribution is 6.04. The van der Waals surface area contributed by atoms with Crippen LogP contribution in [0.2, 0.25) is 0 Å². The Labute approximate surface area is 123 Å². The second-order valence-electron chi connectivity index (χ2n) is 5.43. The molecule has 5 nitrogen and oxygen atoms in total. The van der Waals surface area contributed by atoms with E-state index in [1.54, 1.807) is 12.4 Å². The van der Waals surface area contributed by atoms with Crippen molar-refractivity contribution in [1.29, 1.82) is 0 Å². The molecule has 0 bridgehead atoms. The molecule has 1 aliphatic rings. The minimum absolute atomic E-state index is 0.189. The number of amides is 1. The van der Waals surface area contributed by atoms with Gasteiger partial charge in [0.25, 0.3) is 5.91 Å². The Balaban J connectivity index is 1.72. The normalized spacial score (nSPS) is 13.8. The van der Waals surface area contributed by atoms with E-state index in [0.29, 0.717) is 17.6 Å². The summed E-state index contributed by atoms with van der Waals surface area (Å²) in [5.41, 5.74) is 3.38. The number of rotatable bonds is 4. The zero-order valence-electron chi connectivity index (χ0n) is 12.2. The van der Waals surface area contributed by atoms with Gasteiger partial charge in [-0.1, -0.05) is 18.2 Å². The summed E-state index contributed by atoms with van der Waals surface area (Å²) in [5, 5.41) is 6.12. The fourth-order valence-electron chi connectivity index (χ4n) is 2.13. The molecular weight excluding hydrogens is 264 g/mol. The fraction of sp³-hybridized carbons (Fsp3) is 0.312. The highest BCUT2D eigenvalue weighted by Crippen LogP contribution is 2.23. The Bertz CT molecular complexity index is 642. The van der Waals surface area contributed by atoms with Crippen LogP contribution in [0.5, 0.6) is 0 Å². The molecule has 2 N–H and O–H groups in total. The summed E-state index contributed by atoms with van der Waals surface area (Å²) in [6.07, 6.45) is 5.44. The standard InChI is InChI=1S/C16H18N4O/c1-10-4-3-5-11(2)14(10)20-15(21)12-8-17-16(18-9-12)19-13-6-7-13/h3-5,8-9,13H,6-7H2,1-2H3,(H,20,21)(H,17,18,19). The Morgan fingerprint density at radius 2 is 1.76 bits per heavy atom. The molecule has 21 heavy (non-hydrogen) atoms. The topological polar surface area (TPSA) is 66.9 Å². The molecule has 1 fully saturated rings. The van der Waals surface area contributed by atoms with Gasteiger partial charge in [-0.3, -0.25) is 4.79 Å². The molecule has 108 valence electrons. The molecule has 0 atom stereocenters. The third kappa shape index (κ3) is 3.18. The van der Waals surface area contributed by atoms with Gasteiger partial charge < -0.3 is 10.6 Å². The summed E-state index contributed by atoms with van der Waals surface area (Å²) in [6.45, 7) is 3.95. The van der Waals surface area contributed by atoms with E-state index >= 15 is 0 Å². The van der Waals surface area contributed by atoms with Crippen molar-refractivity contribution < 1.29 is 4.79 Å². The van der Waals surface area contributed by atoms with E-state index in [4.69, 9.17) is 0 Å². The number of para-hydroxylation sites is 1. The summed E-state index contributed by atoms with van der Waals surface area (Å²) in [4.78, 5) is 20.6. The third-order valence-corrected chi connectivity index (χ3v) is 3.54. The molecule has 1 saturated carbocycles. The maximum Gasteiger partial charge on any atom is 0.258 e. The van der Waals surface area contributed by atoms with Gasteiger partial charge >= 0.3 is 0 Å². The molecule has 0 aliphatic heterocycles. The number of hydrogen-bond acceptors (Lipinski definition) is 4. The lowest BCUT2D eigenvalue weighted by Crippen LogP contribution is -2.15. The number of nitrogens with zero attached hydrogens (tertiary/aromatic N) is 2. The van der Waals surface area contributed by atoms with Crippen molar-refractivity contribution in [2.24, 2.45) is 0 Å². The van der Waals surface area contributed by atoms with E-state index < -0.39 is 0 Å². The maximum absolute atomic E-state index is 12.3. The Kier molecular flexibility index (Phi) is 3.56. The van der Waals surface area contributed by atoms with E-state index in [-0.39, 0.29) is 5.91 Å². The first kappa shape index (κ1) is 13.5. The van der Waals surface area contributed by atoms with Crippen LogP contribution in [0.3, 0.4) is 0 Å². The second-order valence-corrected chi connectivity index (χ2v) is 5.43. The minimum Gasteiger partial charge on any atom is -0.351 e. The molecule has 0 radical (unpaired) electrons. The van der Waals surface area contributed by atoms with Crippen LogP contribution in [-0.4, -0.2) is 21.9 Å². The molecule has 1 heterocycles. The number of nitrogens with one attached hydrogen (secondary N) is 2. The van der Waals surface area contributed by atoms with Gasteiger partial charge in [-0.05, 0) is 37.8 Å². The molecule has 1 aromatic carbocycles. The SMILES string of the molecule is Cc1cccc(C)c1NC(=O)c1cnc(NC2CC2)nc1. The summed E-state index contributed by atoms with van der Waals surface area (Å²) < 4.78 is 0. The van der Waals surface area contributed by atoms with Crippen LogP contribution >= 0.6 is 0 Å². The van der Waals surface area contributed by atoms with E-state index in [0.717, 1.165) is 29.7 Å². The number of aryl methyl sites for hydroxylation is 2. The predicted octanol–water partition coefficient (Wildman–Crippen LogP) is 2.92. The van der Waals surface area contributed by atoms with Crippen molar-refractivity contribution in [3.05, 3.63) is 47.3 Å². The first-order chi connectivity index (χ1) is 10.1. The van der Waals surface area contributed by atoms with Crippen LogP contribution in [0.15, 0.2) is 30.6 Å². The van der Waals surface area contributed by atoms with Crippen molar-refractivity contribution >= 4 is 17.5 Å². The van der Waals surface area contributed by atoms with Crippen LogP contribution in [0.4, 0.5) is 11.6 Å². The van der Waals surface area contributed by atoms with Crippen LogP contribution in [0, 0.1) is 13.8 Å². The minimum atomic E-state index is -0.189. The average molecular weight is 282 g/mol. The zero-order valence-corrected chi connectivity index (χ0v) is 12.2. The van der Waals surface area contributed by atoms with Crippen molar-refractivity contribution in [3.63, 3.8) is 0 Å². The van der Waals surface area contributed by atoms with Crippen LogP contribution in [0.1, 0.15) is 34.3 Å². The summed E-state index contributed by atoms with van der Waals surface area (Å²) in [5.74, 6) is 0.395. The first-order valence-electron chi connectivity index (χ1n) is 7.09. The summed E-state index contributed by atoms with van der Waals surface area (Å²) in [6, 6.07) is 6.42. The number of hydrogen-bond donors (Lipinski definition) is 2. The summed E-state index contributed by atoms with van der Waals surface area (Å²) in [7, 11) is 0. The van der Waals surface area contributed by atoms with Gasteiger partial charge in [0.15, 0.2) is 0 Å². The lowest BCUT2D eigenvalue weighted by atomic mass is 10.1. The molecule has 0 saturated heterocycles. The third-order valence-electron chi connectivity index (χ3n) is 3.54. The lowest BCUT2D eigenvalue weighted by Gasteiger charge is -2.11. The maximum atomic E-state index is 12.3.